The Morgan fingerprint density at radius 1 is 0.700 bits per heavy atom. The van der Waals surface area contributed by atoms with E-state index in [1.54, 1.807) is 30.3 Å². The van der Waals surface area contributed by atoms with Crippen LogP contribution in [0.15, 0.2) is 102 Å². The van der Waals surface area contributed by atoms with E-state index in [2.05, 4.69) is 10.6 Å². The fourth-order valence-electron chi connectivity index (χ4n) is 3.20. The van der Waals surface area contributed by atoms with Gasteiger partial charge in [0, 0.05) is 11.3 Å². The highest BCUT2D eigenvalue weighted by atomic mass is 32.1. The molecule has 0 bridgehead atoms. The van der Waals surface area contributed by atoms with Crippen molar-refractivity contribution in [3.05, 3.63) is 124 Å². The number of rotatable bonds is 6. The second-order valence-electron chi connectivity index (χ2n) is 6.74. The molecule has 2 N–H and O–H groups in total. The third-order valence-electron chi connectivity index (χ3n) is 4.67. The first-order valence-corrected chi connectivity index (χ1v) is 10.4. The smallest absolute Gasteiger partial charge is 0.265 e. The second kappa shape index (κ2) is 9.20. The monoisotopic (exact) mass is 412 g/mol. The minimum atomic E-state index is -0.274. The molecule has 0 saturated heterocycles. The largest absolute Gasteiger partial charge is 0.341 e. The van der Waals surface area contributed by atoms with Crippen molar-refractivity contribution < 1.29 is 9.59 Å². The SMILES string of the molecule is O=C(NC(c1ccccc1)c1ccccc1)c1cccc(NC(=O)c2cccs2)c1. The first-order valence-electron chi connectivity index (χ1n) is 9.56. The predicted molar refractivity (Wildman–Crippen MR) is 121 cm³/mol. The predicted octanol–water partition coefficient (Wildman–Crippen LogP) is 5.52. The molecule has 0 radical (unpaired) electrons. The lowest BCUT2D eigenvalue weighted by atomic mass is 9.98. The molecule has 0 atom stereocenters. The second-order valence-corrected chi connectivity index (χ2v) is 7.69. The lowest BCUT2D eigenvalue weighted by Gasteiger charge is -2.20. The summed E-state index contributed by atoms with van der Waals surface area (Å²) in [6, 6.07) is 30.0. The minimum Gasteiger partial charge on any atom is -0.341 e. The Morgan fingerprint density at radius 2 is 1.37 bits per heavy atom. The van der Waals surface area contributed by atoms with Crippen LogP contribution in [0.1, 0.15) is 37.2 Å². The number of hydrogen-bond donors (Lipinski definition) is 2. The molecule has 5 heteroatoms. The van der Waals surface area contributed by atoms with Crippen LogP contribution < -0.4 is 10.6 Å². The van der Waals surface area contributed by atoms with Crippen molar-refractivity contribution >= 4 is 28.8 Å². The molecular weight excluding hydrogens is 392 g/mol. The van der Waals surface area contributed by atoms with Crippen LogP contribution in [0.25, 0.3) is 0 Å². The van der Waals surface area contributed by atoms with Crippen LogP contribution in [-0.4, -0.2) is 11.8 Å². The summed E-state index contributed by atoms with van der Waals surface area (Å²) in [5, 5.41) is 7.83. The maximum Gasteiger partial charge on any atom is 0.265 e. The van der Waals surface area contributed by atoms with Crippen molar-refractivity contribution in [2.75, 3.05) is 5.32 Å². The van der Waals surface area contributed by atoms with Crippen LogP contribution >= 0.6 is 11.3 Å². The van der Waals surface area contributed by atoms with E-state index in [0.29, 0.717) is 16.1 Å². The van der Waals surface area contributed by atoms with Crippen LogP contribution in [0.4, 0.5) is 5.69 Å². The normalized spacial score (nSPS) is 10.6. The summed E-state index contributed by atoms with van der Waals surface area (Å²) < 4.78 is 0. The highest BCUT2D eigenvalue weighted by Crippen LogP contribution is 2.23. The van der Waals surface area contributed by atoms with Gasteiger partial charge < -0.3 is 10.6 Å². The topological polar surface area (TPSA) is 58.2 Å². The van der Waals surface area contributed by atoms with Gasteiger partial charge in [-0.1, -0.05) is 72.8 Å². The molecule has 0 unspecified atom stereocenters. The Bertz CT molecular complexity index is 1090. The van der Waals surface area contributed by atoms with Crippen molar-refractivity contribution in [3.63, 3.8) is 0 Å². The molecule has 0 aliphatic carbocycles. The van der Waals surface area contributed by atoms with Gasteiger partial charge in [-0.2, -0.15) is 0 Å². The quantitative estimate of drug-likeness (QED) is 0.438. The summed E-state index contributed by atoms with van der Waals surface area (Å²) in [6.07, 6.45) is 0. The third kappa shape index (κ3) is 4.64. The van der Waals surface area contributed by atoms with E-state index >= 15 is 0 Å². The number of carbonyl (C=O) groups excluding carboxylic acids is 2. The average molecular weight is 413 g/mol. The van der Waals surface area contributed by atoms with E-state index in [1.165, 1.54) is 11.3 Å². The standard InChI is InChI=1S/C25H20N2O2S/c28-24(20-13-7-14-21(17-20)26-25(29)22-15-8-16-30-22)27-23(18-9-3-1-4-10-18)19-11-5-2-6-12-19/h1-17,23H,(H,26,29)(H,27,28). The molecule has 148 valence electrons. The van der Waals surface area contributed by atoms with Gasteiger partial charge in [-0.3, -0.25) is 9.59 Å². The van der Waals surface area contributed by atoms with Gasteiger partial charge in [0.05, 0.1) is 10.9 Å². The highest BCUT2D eigenvalue weighted by Gasteiger charge is 2.18. The highest BCUT2D eigenvalue weighted by molar-refractivity contribution is 7.12. The van der Waals surface area contributed by atoms with Crippen LogP contribution in [-0.2, 0) is 0 Å². The number of thiophene rings is 1. The number of anilines is 1. The summed E-state index contributed by atoms with van der Waals surface area (Å²) in [5.74, 6) is -0.395. The minimum absolute atomic E-state index is 0.186. The molecule has 0 aliphatic heterocycles. The Hall–Kier alpha value is -3.70. The van der Waals surface area contributed by atoms with Crippen molar-refractivity contribution in [3.8, 4) is 0 Å². The fraction of sp³-hybridized carbons (Fsp3) is 0.0400. The number of amides is 2. The van der Waals surface area contributed by atoms with Gasteiger partial charge in [0.1, 0.15) is 0 Å². The van der Waals surface area contributed by atoms with Gasteiger partial charge in [-0.25, -0.2) is 0 Å². The van der Waals surface area contributed by atoms with E-state index in [4.69, 9.17) is 0 Å². The Labute approximate surface area is 179 Å². The van der Waals surface area contributed by atoms with Crippen molar-refractivity contribution in [2.24, 2.45) is 0 Å². The van der Waals surface area contributed by atoms with E-state index in [-0.39, 0.29) is 17.9 Å². The first kappa shape index (κ1) is 19.6. The number of carbonyl (C=O) groups is 2. The summed E-state index contributed by atoms with van der Waals surface area (Å²) in [5.41, 5.74) is 3.06. The molecule has 30 heavy (non-hydrogen) atoms. The van der Waals surface area contributed by atoms with Crippen LogP contribution in [0, 0.1) is 0 Å². The fourth-order valence-corrected chi connectivity index (χ4v) is 3.82. The summed E-state index contributed by atoms with van der Waals surface area (Å²) in [6.45, 7) is 0. The molecule has 4 nitrogen and oxygen atoms in total. The van der Waals surface area contributed by atoms with E-state index in [0.717, 1.165) is 11.1 Å². The molecular formula is C25H20N2O2S. The zero-order chi connectivity index (χ0) is 20.8. The number of nitrogens with one attached hydrogen (secondary N) is 2. The lowest BCUT2D eigenvalue weighted by Crippen LogP contribution is -2.29. The first-order chi connectivity index (χ1) is 14.7. The van der Waals surface area contributed by atoms with Crippen molar-refractivity contribution in [1.82, 2.24) is 5.32 Å². The van der Waals surface area contributed by atoms with Crippen LogP contribution in [0.3, 0.4) is 0 Å². The molecule has 4 aromatic rings. The van der Waals surface area contributed by atoms with Gasteiger partial charge in [-0.05, 0) is 40.8 Å². The van der Waals surface area contributed by atoms with E-state index < -0.39 is 0 Å². The van der Waals surface area contributed by atoms with Crippen LogP contribution in [0.2, 0.25) is 0 Å². The Balaban J connectivity index is 1.55. The molecule has 0 fully saturated rings. The van der Waals surface area contributed by atoms with Gasteiger partial charge in [0.2, 0.25) is 0 Å². The molecule has 3 aromatic carbocycles. The maximum absolute atomic E-state index is 13.0. The molecule has 2 amide bonds. The summed E-state index contributed by atoms with van der Waals surface area (Å²) >= 11 is 1.37. The van der Waals surface area contributed by atoms with Gasteiger partial charge >= 0.3 is 0 Å². The van der Waals surface area contributed by atoms with Crippen molar-refractivity contribution in [2.45, 2.75) is 6.04 Å². The van der Waals surface area contributed by atoms with Gasteiger partial charge in [0.25, 0.3) is 11.8 Å². The van der Waals surface area contributed by atoms with Gasteiger partial charge in [0.15, 0.2) is 0 Å². The summed E-state index contributed by atoms with van der Waals surface area (Å²) in [4.78, 5) is 26.0. The van der Waals surface area contributed by atoms with Gasteiger partial charge in [-0.15, -0.1) is 11.3 Å². The molecule has 0 saturated carbocycles. The number of benzene rings is 3. The molecule has 1 heterocycles. The molecule has 0 spiro atoms. The van der Waals surface area contributed by atoms with E-state index in [1.807, 2.05) is 72.1 Å². The molecule has 0 aliphatic rings. The third-order valence-corrected chi connectivity index (χ3v) is 5.54. The van der Waals surface area contributed by atoms with Crippen LogP contribution in [0.5, 0.6) is 0 Å². The Morgan fingerprint density at radius 3 is 1.97 bits per heavy atom. The van der Waals surface area contributed by atoms with Crippen molar-refractivity contribution in [1.29, 1.82) is 0 Å². The zero-order valence-corrected chi connectivity index (χ0v) is 16.9. The van der Waals surface area contributed by atoms with E-state index in [9.17, 15) is 9.59 Å². The number of hydrogen-bond acceptors (Lipinski definition) is 3. The zero-order valence-electron chi connectivity index (χ0n) is 16.1. The Kier molecular flexibility index (Phi) is 6.01. The molecule has 4 rings (SSSR count). The maximum atomic E-state index is 13.0. The average Bonchev–Trinajstić information content (AvgIpc) is 3.34. The molecule has 1 aromatic heterocycles. The summed E-state index contributed by atoms with van der Waals surface area (Å²) in [7, 11) is 0. The lowest BCUT2D eigenvalue weighted by molar-refractivity contribution is 0.0941.